The quantitative estimate of drug-likeness (QED) is 0.751. The molecule has 2 aliphatic heterocycles. The molecular weight excluding hydrogens is 385 g/mol. The van der Waals surface area contributed by atoms with Gasteiger partial charge in [-0.15, -0.1) is 0 Å². The van der Waals surface area contributed by atoms with Gasteiger partial charge in [0.05, 0.1) is 24.1 Å². The summed E-state index contributed by atoms with van der Waals surface area (Å²) in [4.78, 5) is 18.1. The number of halogens is 1. The fraction of sp³-hybridized carbons (Fsp3) is 0.500. The maximum atomic E-state index is 14.3. The summed E-state index contributed by atoms with van der Waals surface area (Å²) in [6.07, 6.45) is 2.26. The number of piperazine rings is 1. The molecule has 2 aromatic rings. The molecule has 1 aromatic heterocycles. The molecule has 0 saturated carbocycles. The van der Waals surface area contributed by atoms with Crippen LogP contribution in [0.5, 0.6) is 5.75 Å². The third-order valence-electron chi connectivity index (χ3n) is 5.41. The minimum absolute atomic E-state index is 0.110. The Balaban J connectivity index is 1.52. The molecule has 0 amide bonds. The molecule has 1 saturated heterocycles. The van der Waals surface area contributed by atoms with Gasteiger partial charge in [0.25, 0.3) is 0 Å². The highest BCUT2D eigenvalue weighted by Gasteiger charge is 2.24. The van der Waals surface area contributed by atoms with Gasteiger partial charge in [0.1, 0.15) is 12.1 Å². The van der Waals surface area contributed by atoms with Gasteiger partial charge in [-0.2, -0.15) is 0 Å². The van der Waals surface area contributed by atoms with Crippen molar-refractivity contribution in [1.29, 1.82) is 0 Å². The van der Waals surface area contributed by atoms with Gasteiger partial charge in [0.15, 0.2) is 11.6 Å². The van der Waals surface area contributed by atoms with Crippen molar-refractivity contribution >= 4 is 11.5 Å². The van der Waals surface area contributed by atoms with Crippen LogP contribution in [0.15, 0.2) is 29.5 Å². The second-order valence-electron chi connectivity index (χ2n) is 7.94. The van der Waals surface area contributed by atoms with E-state index in [1.807, 2.05) is 19.9 Å². The van der Waals surface area contributed by atoms with Gasteiger partial charge in [0.2, 0.25) is 0 Å². The Hall–Kier alpha value is -2.58. The van der Waals surface area contributed by atoms with E-state index in [-0.39, 0.29) is 24.3 Å². The van der Waals surface area contributed by atoms with Crippen molar-refractivity contribution in [3.8, 4) is 5.75 Å². The predicted molar refractivity (Wildman–Crippen MR) is 114 cm³/mol. The van der Waals surface area contributed by atoms with Crippen LogP contribution >= 0.6 is 0 Å². The maximum Gasteiger partial charge on any atom is 0.165 e. The molecule has 8 heteroatoms. The van der Waals surface area contributed by atoms with Crippen LogP contribution in [0.4, 0.5) is 10.2 Å². The molecular formula is C22H28FN5O2. The molecule has 0 aliphatic carbocycles. The topological polar surface area (TPSA) is 74.1 Å². The van der Waals surface area contributed by atoms with Crippen molar-refractivity contribution in [2.45, 2.75) is 32.9 Å². The Labute approximate surface area is 176 Å². The van der Waals surface area contributed by atoms with E-state index in [4.69, 9.17) is 9.84 Å². The van der Waals surface area contributed by atoms with Crippen molar-refractivity contribution in [1.82, 2.24) is 14.9 Å². The first kappa shape index (κ1) is 20.7. The number of aliphatic hydroxyl groups excluding tert-OH is 1. The zero-order valence-electron chi connectivity index (χ0n) is 17.5. The van der Waals surface area contributed by atoms with Crippen LogP contribution < -0.4 is 9.64 Å². The highest BCUT2D eigenvalue weighted by molar-refractivity contribution is 6.14. The molecule has 160 valence electrons. The summed E-state index contributed by atoms with van der Waals surface area (Å²) in [7, 11) is 0. The number of nitrogens with zero attached hydrogens (tertiary/aromatic N) is 5. The number of aliphatic hydroxyl groups is 1. The van der Waals surface area contributed by atoms with E-state index >= 15 is 0 Å². The summed E-state index contributed by atoms with van der Waals surface area (Å²) in [5, 5.41) is 9.01. The molecule has 4 rings (SSSR count). The minimum atomic E-state index is -0.360. The average molecular weight is 413 g/mol. The van der Waals surface area contributed by atoms with Crippen molar-refractivity contribution < 1.29 is 14.2 Å². The minimum Gasteiger partial charge on any atom is -0.488 e. The molecule has 0 radical (unpaired) electrons. The molecule has 1 N–H and O–H groups in total. The largest absolute Gasteiger partial charge is 0.488 e. The lowest BCUT2D eigenvalue weighted by atomic mass is 10.0. The number of benzene rings is 1. The van der Waals surface area contributed by atoms with E-state index < -0.39 is 0 Å². The normalized spacial score (nSPS) is 16.7. The third kappa shape index (κ3) is 4.44. The van der Waals surface area contributed by atoms with E-state index in [9.17, 15) is 4.39 Å². The maximum absolute atomic E-state index is 14.3. The van der Waals surface area contributed by atoms with E-state index in [0.717, 1.165) is 67.5 Å². The summed E-state index contributed by atoms with van der Waals surface area (Å²) < 4.78 is 19.9. The Kier molecular flexibility index (Phi) is 6.24. The number of aliphatic imine (C=N–C) groups is 1. The summed E-state index contributed by atoms with van der Waals surface area (Å²) in [5.41, 5.74) is 3.20. The van der Waals surface area contributed by atoms with Crippen molar-refractivity contribution in [3.05, 3.63) is 47.2 Å². The predicted octanol–water partition coefficient (Wildman–Crippen LogP) is 2.26. The molecule has 0 spiro atoms. The molecule has 3 heterocycles. The molecule has 2 aliphatic rings. The molecule has 0 atom stereocenters. The smallest absolute Gasteiger partial charge is 0.165 e. The lowest BCUT2D eigenvalue weighted by Gasteiger charge is -2.35. The lowest BCUT2D eigenvalue weighted by Crippen LogP contribution is -2.47. The number of rotatable bonds is 7. The first-order chi connectivity index (χ1) is 14.5. The highest BCUT2D eigenvalue weighted by Crippen LogP contribution is 2.30. The first-order valence-corrected chi connectivity index (χ1v) is 10.5. The van der Waals surface area contributed by atoms with Gasteiger partial charge in [-0.05, 0) is 38.0 Å². The van der Waals surface area contributed by atoms with Gasteiger partial charge in [-0.25, -0.2) is 14.4 Å². The van der Waals surface area contributed by atoms with Crippen molar-refractivity contribution in [2.75, 3.05) is 44.2 Å². The first-order valence-electron chi connectivity index (χ1n) is 10.5. The lowest BCUT2D eigenvalue weighted by molar-refractivity contribution is 0.215. The van der Waals surface area contributed by atoms with E-state index in [0.29, 0.717) is 6.54 Å². The molecule has 30 heavy (non-hydrogen) atoms. The second-order valence-corrected chi connectivity index (χ2v) is 7.94. The molecule has 0 bridgehead atoms. The number of hydrogen-bond donors (Lipinski definition) is 1. The molecule has 1 fully saturated rings. The number of ether oxygens (including phenoxy) is 1. The number of anilines is 1. The standard InChI is InChI=1S/C22H28FN5O2/c1-15(2)30-20-11-17-16(10-18(20)23)13-24-22(17)19-12-21(26-14-25-19)28-7-5-27(6-8-28)4-3-9-29/h10-12,14-15,29H,3-9,13H2,1-2H3. The van der Waals surface area contributed by atoms with E-state index in [1.54, 1.807) is 12.4 Å². The second kappa shape index (κ2) is 9.06. The Bertz CT molecular complexity index is 926. The summed E-state index contributed by atoms with van der Waals surface area (Å²) >= 11 is 0. The monoisotopic (exact) mass is 413 g/mol. The highest BCUT2D eigenvalue weighted by atomic mass is 19.1. The summed E-state index contributed by atoms with van der Waals surface area (Å²) in [5.74, 6) is 0.756. The van der Waals surface area contributed by atoms with Crippen LogP contribution in [0.2, 0.25) is 0 Å². The Morgan fingerprint density at radius 1 is 1.13 bits per heavy atom. The van der Waals surface area contributed by atoms with Crippen LogP contribution in [0, 0.1) is 5.82 Å². The van der Waals surface area contributed by atoms with Crippen LogP contribution in [0.1, 0.15) is 37.1 Å². The number of fused-ring (bicyclic) bond motifs is 1. The Morgan fingerprint density at radius 2 is 1.93 bits per heavy atom. The molecule has 1 aromatic carbocycles. The van der Waals surface area contributed by atoms with Crippen LogP contribution in [-0.2, 0) is 6.54 Å². The van der Waals surface area contributed by atoms with Gasteiger partial charge >= 0.3 is 0 Å². The van der Waals surface area contributed by atoms with E-state index in [2.05, 4.69) is 24.8 Å². The van der Waals surface area contributed by atoms with Gasteiger partial charge in [-0.3, -0.25) is 9.89 Å². The van der Waals surface area contributed by atoms with Crippen LogP contribution in [0.25, 0.3) is 0 Å². The summed E-state index contributed by atoms with van der Waals surface area (Å²) in [6.45, 7) is 8.98. The zero-order chi connectivity index (χ0) is 21.1. The van der Waals surface area contributed by atoms with Gasteiger partial charge in [0, 0.05) is 51.0 Å². The zero-order valence-corrected chi connectivity index (χ0v) is 17.5. The number of aromatic nitrogens is 2. The van der Waals surface area contributed by atoms with Gasteiger partial charge in [-0.1, -0.05) is 0 Å². The fourth-order valence-corrected chi connectivity index (χ4v) is 3.90. The van der Waals surface area contributed by atoms with E-state index in [1.165, 1.54) is 6.07 Å². The van der Waals surface area contributed by atoms with Crippen molar-refractivity contribution in [2.24, 2.45) is 4.99 Å². The van der Waals surface area contributed by atoms with Gasteiger partial charge < -0.3 is 14.7 Å². The summed E-state index contributed by atoms with van der Waals surface area (Å²) in [6, 6.07) is 5.21. The Morgan fingerprint density at radius 3 is 2.67 bits per heavy atom. The average Bonchev–Trinajstić information content (AvgIpc) is 3.15. The van der Waals surface area contributed by atoms with Crippen LogP contribution in [-0.4, -0.2) is 71.1 Å². The SMILES string of the molecule is CC(C)Oc1cc2c(cc1F)CN=C2c1cc(N2CCN(CCCO)CC2)ncn1. The van der Waals surface area contributed by atoms with Crippen LogP contribution in [0.3, 0.4) is 0 Å². The third-order valence-corrected chi connectivity index (χ3v) is 5.41. The number of hydrogen-bond acceptors (Lipinski definition) is 7. The molecule has 7 nitrogen and oxygen atoms in total. The fourth-order valence-electron chi connectivity index (χ4n) is 3.90. The van der Waals surface area contributed by atoms with Crippen molar-refractivity contribution in [3.63, 3.8) is 0 Å². The molecule has 0 unspecified atom stereocenters.